The van der Waals surface area contributed by atoms with Gasteiger partial charge in [0.1, 0.15) is 12.2 Å². The zero-order valence-corrected chi connectivity index (χ0v) is 20.3. The molecule has 7 nitrogen and oxygen atoms in total. The topological polar surface area (TPSA) is 84.9 Å². The lowest BCUT2D eigenvalue weighted by molar-refractivity contribution is -0.122. The number of aryl methyl sites for hydroxylation is 1. The van der Waals surface area contributed by atoms with Crippen LogP contribution in [-0.2, 0) is 16.2 Å². The fourth-order valence-corrected chi connectivity index (χ4v) is 3.83. The Morgan fingerprint density at radius 1 is 0.943 bits per heavy atom. The van der Waals surface area contributed by atoms with Crippen LogP contribution >= 0.6 is 23.2 Å². The van der Waals surface area contributed by atoms with Crippen LogP contribution in [0.2, 0.25) is 10.0 Å². The molecule has 35 heavy (non-hydrogen) atoms. The Labute approximate surface area is 211 Å². The summed E-state index contributed by atoms with van der Waals surface area (Å²) in [6.45, 7) is 2.35. The number of urea groups is 1. The van der Waals surface area contributed by atoms with Crippen LogP contribution in [0.15, 0.2) is 66.2 Å². The molecule has 1 fully saturated rings. The molecule has 3 aromatic rings. The van der Waals surface area contributed by atoms with E-state index in [1.54, 1.807) is 18.2 Å². The lowest BCUT2D eigenvalue weighted by Gasteiger charge is -2.26. The molecule has 3 aromatic carbocycles. The van der Waals surface area contributed by atoms with E-state index < -0.39 is 17.8 Å². The predicted molar refractivity (Wildman–Crippen MR) is 134 cm³/mol. The van der Waals surface area contributed by atoms with Gasteiger partial charge in [-0.3, -0.25) is 14.9 Å². The van der Waals surface area contributed by atoms with Crippen LogP contribution in [0.5, 0.6) is 11.5 Å². The van der Waals surface area contributed by atoms with E-state index >= 15 is 0 Å². The summed E-state index contributed by atoms with van der Waals surface area (Å²) in [4.78, 5) is 38.8. The molecule has 0 unspecified atom stereocenters. The summed E-state index contributed by atoms with van der Waals surface area (Å²) < 4.78 is 11.3. The first-order valence-corrected chi connectivity index (χ1v) is 11.3. The Kier molecular flexibility index (Phi) is 7.10. The third kappa shape index (κ3) is 5.31. The summed E-state index contributed by atoms with van der Waals surface area (Å²) >= 11 is 12.0. The maximum Gasteiger partial charge on any atom is 0.335 e. The first-order chi connectivity index (χ1) is 16.8. The van der Waals surface area contributed by atoms with Crippen LogP contribution in [-0.4, -0.2) is 25.0 Å². The largest absolute Gasteiger partial charge is 0.493 e. The Hall–Kier alpha value is -3.81. The van der Waals surface area contributed by atoms with Gasteiger partial charge < -0.3 is 9.47 Å². The minimum absolute atomic E-state index is 0.165. The van der Waals surface area contributed by atoms with Gasteiger partial charge in [0.2, 0.25) is 0 Å². The molecule has 4 amide bonds. The molecule has 0 saturated carbocycles. The van der Waals surface area contributed by atoms with Crippen LogP contribution < -0.4 is 19.7 Å². The Balaban J connectivity index is 1.60. The van der Waals surface area contributed by atoms with Crippen molar-refractivity contribution in [1.29, 1.82) is 0 Å². The minimum atomic E-state index is -0.881. The van der Waals surface area contributed by atoms with Gasteiger partial charge in [-0.2, -0.15) is 0 Å². The lowest BCUT2D eigenvalue weighted by atomic mass is 10.1. The second-order valence-electron chi connectivity index (χ2n) is 7.74. The van der Waals surface area contributed by atoms with E-state index in [0.717, 1.165) is 16.0 Å². The first-order valence-electron chi connectivity index (χ1n) is 10.5. The van der Waals surface area contributed by atoms with E-state index in [1.807, 2.05) is 31.2 Å². The van der Waals surface area contributed by atoms with E-state index in [1.165, 1.54) is 31.4 Å². The lowest BCUT2D eigenvalue weighted by Crippen LogP contribution is -2.54. The summed E-state index contributed by atoms with van der Waals surface area (Å²) in [5.41, 5.74) is 2.59. The molecule has 1 heterocycles. The van der Waals surface area contributed by atoms with E-state index in [0.29, 0.717) is 23.7 Å². The number of nitrogens with zero attached hydrogens (tertiary/aromatic N) is 1. The van der Waals surface area contributed by atoms with E-state index in [2.05, 4.69) is 5.32 Å². The zero-order valence-electron chi connectivity index (χ0n) is 18.8. The molecule has 1 aliphatic heterocycles. The number of carbonyl (C=O) groups is 3. The number of ether oxygens (including phenoxy) is 2. The van der Waals surface area contributed by atoms with Crippen molar-refractivity contribution in [2.75, 3.05) is 12.0 Å². The number of benzene rings is 3. The smallest absolute Gasteiger partial charge is 0.335 e. The number of imide groups is 2. The average Bonchev–Trinajstić information content (AvgIpc) is 2.83. The van der Waals surface area contributed by atoms with Crippen LogP contribution in [0.4, 0.5) is 10.5 Å². The third-order valence-electron chi connectivity index (χ3n) is 5.24. The molecule has 1 aliphatic rings. The predicted octanol–water partition coefficient (Wildman–Crippen LogP) is 5.56. The van der Waals surface area contributed by atoms with Gasteiger partial charge in [0, 0.05) is 0 Å². The van der Waals surface area contributed by atoms with Crippen molar-refractivity contribution >= 4 is 52.8 Å². The van der Waals surface area contributed by atoms with E-state index in [9.17, 15) is 14.4 Å². The van der Waals surface area contributed by atoms with Gasteiger partial charge in [-0.05, 0) is 54.5 Å². The van der Waals surface area contributed by atoms with Gasteiger partial charge >= 0.3 is 6.03 Å². The molecule has 1 saturated heterocycles. The van der Waals surface area contributed by atoms with Crippen LogP contribution in [0.3, 0.4) is 0 Å². The summed E-state index contributed by atoms with van der Waals surface area (Å²) in [5, 5.41) is 2.61. The third-order valence-corrected chi connectivity index (χ3v) is 5.98. The Morgan fingerprint density at radius 2 is 1.74 bits per heavy atom. The van der Waals surface area contributed by atoms with Crippen molar-refractivity contribution < 1.29 is 23.9 Å². The van der Waals surface area contributed by atoms with E-state index in [-0.39, 0.29) is 21.3 Å². The maximum atomic E-state index is 13.1. The van der Waals surface area contributed by atoms with Crippen LogP contribution in [0.1, 0.15) is 16.7 Å². The summed E-state index contributed by atoms with van der Waals surface area (Å²) in [7, 11) is 1.49. The minimum Gasteiger partial charge on any atom is -0.493 e. The summed E-state index contributed by atoms with van der Waals surface area (Å²) in [6.07, 6.45) is 1.38. The number of nitrogens with one attached hydrogen (secondary N) is 1. The first kappa shape index (κ1) is 24.3. The fraction of sp³-hybridized carbons (Fsp3) is 0.115. The number of rotatable bonds is 6. The highest BCUT2D eigenvalue weighted by Crippen LogP contribution is 2.32. The molecule has 0 bridgehead atoms. The molecule has 0 spiro atoms. The fourth-order valence-electron chi connectivity index (χ4n) is 3.54. The number of carbonyl (C=O) groups excluding carboxylic acids is 3. The van der Waals surface area contributed by atoms with Crippen molar-refractivity contribution in [3.63, 3.8) is 0 Å². The number of anilines is 1. The molecule has 0 radical (unpaired) electrons. The number of amides is 4. The second kappa shape index (κ2) is 10.2. The molecule has 1 N–H and O–H groups in total. The highest BCUT2D eigenvalue weighted by molar-refractivity contribution is 6.43. The van der Waals surface area contributed by atoms with E-state index in [4.69, 9.17) is 32.7 Å². The SMILES string of the molecule is COc1cc(/C=C2\C(=O)NC(=O)N(c3ccc(Cl)c(Cl)c3)C2=O)ccc1OCc1cccc(C)c1. The number of halogens is 2. The molecular formula is C26H20Cl2N2O5. The van der Waals surface area contributed by atoms with Gasteiger partial charge in [0.25, 0.3) is 11.8 Å². The molecule has 9 heteroatoms. The van der Waals surface area contributed by atoms with Gasteiger partial charge in [-0.25, -0.2) is 9.69 Å². The van der Waals surface area contributed by atoms with Crippen molar-refractivity contribution in [1.82, 2.24) is 5.32 Å². The molecule has 0 aromatic heterocycles. The number of hydrogen-bond donors (Lipinski definition) is 1. The molecular weight excluding hydrogens is 491 g/mol. The standard InChI is InChI=1S/C26H20Cl2N2O5/c1-15-4-3-5-17(10-15)14-35-22-9-6-16(12-23(22)34-2)11-19-24(31)29-26(33)30(25(19)32)18-7-8-20(27)21(28)13-18/h3-13H,14H2,1-2H3,(H,29,31,33)/b19-11+. The van der Waals surface area contributed by atoms with Gasteiger partial charge in [-0.15, -0.1) is 0 Å². The monoisotopic (exact) mass is 510 g/mol. The molecule has 178 valence electrons. The molecule has 0 aliphatic carbocycles. The van der Waals surface area contributed by atoms with Gasteiger partial charge in [0.15, 0.2) is 11.5 Å². The summed E-state index contributed by atoms with van der Waals surface area (Å²) in [6, 6.07) is 16.4. The second-order valence-corrected chi connectivity index (χ2v) is 8.56. The molecule has 4 rings (SSSR count). The zero-order chi connectivity index (χ0) is 25.1. The molecule has 0 atom stereocenters. The van der Waals surface area contributed by atoms with Gasteiger partial charge in [-0.1, -0.05) is 59.1 Å². The number of barbiturate groups is 1. The average molecular weight is 511 g/mol. The Morgan fingerprint density at radius 3 is 2.46 bits per heavy atom. The van der Waals surface area contributed by atoms with Crippen LogP contribution in [0, 0.1) is 6.92 Å². The van der Waals surface area contributed by atoms with Crippen molar-refractivity contribution in [3.8, 4) is 11.5 Å². The van der Waals surface area contributed by atoms with Gasteiger partial charge in [0.05, 0.1) is 22.8 Å². The normalized spacial score (nSPS) is 14.8. The summed E-state index contributed by atoms with van der Waals surface area (Å²) in [5.74, 6) is -0.679. The quantitative estimate of drug-likeness (QED) is 0.346. The van der Waals surface area contributed by atoms with Crippen LogP contribution in [0.25, 0.3) is 6.08 Å². The van der Waals surface area contributed by atoms with Crippen molar-refractivity contribution in [3.05, 3.63) is 93.0 Å². The van der Waals surface area contributed by atoms with Crippen molar-refractivity contribution in [2.24, 2.45) is 0 Å². The maximum absolute atomic E-state index is 13.1. The number of hydrogen-bond acceptors (Lipinski definition) is 5. The Bertz CT molecular complexity index is 1370. The highest BCUT2D eigenvalue weighted by atomic mass is 35.5. The highest BCUT2D eigenvalue weighted by Gasteiger charge is 2.37. The van der Waals surface area contributed by atoms with Crippen molar-refractivity contribution in [2.45, 2.75) is 13.5 Å². The number of methoxy groups -OCH3 is 1.